The zero-order valence-corrected chi connectivity index (χ0v) is 9.01. The Morgan fingerprint density at radius 1 is 1.27 bits per heavy atom. The summed E-state index contributed by atoms with van der Waals surface area (Å²) in [5, 5.41) is 0.933. The molecule has 1 heterocycles. The van der Waals surface area contributed by atoms with Crippen LogP contribution in [-0.2, 0) is 0 Å². The lowest BCUT2D eigenvalue weighted by atomic mass is 10.1. The molecule has 0 bridgehead atoms. The van der Waals surface area contributed by atoms with E-state index in [9.17, 15) is 4.79 Å². The highest BCUT2D eigenvalue weighted by Gasteiger charge is 2.08. The van der Waals surface area contributed by atoms with Gasteiger partial charge in [-0.05, 0) is 18.2 Å². The minimum atomic E-state index is -0.276. The molecule has 0 spiro atoms. The van der Waals surface area contributed by atoms with E-state index in [1.54, 1.807) is 18.2 Å². The maximum Gasteiger partial charge on any atom is 0.274 e. The van der Waals surface area contributed by atoms with Crippen molar-refractivity contribution >= 4 is 23.2 Å². The van der Waals surface area contributed by atoms with Crippen molar-refractivity contribution in [1.29, 1.82) is 0 Å². The van der Waals surface area contributed by atoms with Gasteiger partial charge in [-0.15, -0.1) is 0 Å². The highest BCUT2D eigenvalue weighted by molar-refractivity contribution is 6.36. The second-order valence-electron chi connectivity index (χ2n) is 2.89. The molecule has 1 aromatic heterocycles. The van der Waals surface area contributed by atoms with Crippen LogP contribution < -0.4 is 5.56 Å². The monoisotopic (exact) mass is 240 g/mol. The maximum absolute atomic E-state index is 11.4. The topological polar surface area (TPSA) is 45.8 Å². The summed E-state index contributed by atoms with van der Waals surface area (Å²) >= 11 is 11.7. The summed E-state index contributed by atoms with van der Waals surface area (Å²) in [5.41, 5.74) is 0.587. The quantitative estimate of drug-likeness (QED) is 0.834. The fourth-order valence-corrected chi connectivity index (χ4v) is 1.72. The van der Waals surface area contributed by atoms with Gasteiger partial charge in [0.25, 0.3) is 5.56 Å². The van der Waals surface area contributed by atoms with E-state index in [0.29, 0.717) is 21.3 Å². The van der Waals surface area contributed by atoms with Crippen molar-refractivity contribution in [3.63, 3.8) is 0 Å². The first kappa shape index (κ1) is 10.2. The molecular weight excluding hydrogens is 235 g/mol. The molecule has 0 aliphatic heterocycles. The van der Waals surface area contributed by atoms with Crippen molar-refractivity contribution < 1.29 is 0 Å². The lowest BCUT2D eigenvalue weighted by molar-refractivity contribution is 1.14. The Bertz CT molecular complexity index is 551. The van der Waals surface area contributed by atoms with Gasteiger partial charge in [0, 0.05) is 23.0 Å². The molecule has 0 fully saturated rings. The molecular formula is C10H6Cl2N2O. The van der Waals surface area contributed by atoms with Crippen LogP contribution in [0, 0.1) is 0 Å². The van der Waals surface area contributed by atoms with Gasteiger partial charge >= 0.3 is 0 Å². The summed E-state index contributed by atoms with van der Waals surface area (Å²) in [6.45, 7) is 0. The normalized spacial score (nSPS) is 10.3. The molecule has 2 rings (SSSR count). The average molecular weight is 241 g/mol. The SMILES string of the molecule is O=c1[nH]ccnc1-c1ccc(Cl)cc1Cl. The van der Waals surface area contributed by atoms with Crippen molar-refractivity contribution in [2.45, 2.75) is 0 Å². The first-order valence-corrected chi connectivity index (χ1v) is 4.93. The highest BCUT2D eigenvalue weighted by atomic mass is 35.5. The van der Waals surface area contributed by atoms with Gasteiger partial charge < -0.3 is 4.98 Å². The van der Waals surface area contributed by atoms with Gasteiger partial charge in [0.05, 0.1) is 5.02 Å². The molecule has 0 radical (unpaired) electrons. The van der Waals surface area contributed by atoms with E-state index >= 15 is 0 Å². The molecule has 0 saturated heterocycles. The van der Waals surface area contributed by atoms with Crippen LogP contribution in [0.5, 0.6) is 0 Å². The van der Waals surface area contributed by atoms with E-state index in [0.717, 1.165) is 0 Å². The Labute approximate surface area is 95.7 Å². The molecule has 3 nitrogen and oxygen atoms in total. The summed E-state index contributed by atoms with van der Waals surface area (Å²) in [6, 6.07) is 4.91. The van der Waals surface area contributed by atoms with E-state index in [1.165, 1.54) is 12.4 Å². The Morgan fingerprint density at radius 3 is 2.73 bits per heavy atom. The van der Waals surface area contributed by atoms with E-state index in [2.05, 4.69) is 9.97 Å². The van der Waals surface area contributed by atoms with E-state index in [-0.39, 0.29) is 5.56 Å². The van der Waals surface area contributed by atoms with Crippen LogP contribution in [0.2, 0.25) is 10.0 Å². The van der Waals surface area contributed by atoms with Gasteiger partial charge in [-0.1, -0.05) is 23.2 Å². The number of nitrogens with one attached hydrogen (secondary N) is 1. The molecule has 0 unspecified atom stereocenters. The van der Waals surface area contributed by atoms with Gasteiger partial charge in [0.1, 0.15) is 5.69 Å². The molecule has 0 amide bonds. The van der Waals surface area contributed by atoms with Crippen LogP contribution in [0.4, 0.5) is 0 Å². The third-order valence-corrected chi connectivity index (χ3v) is 2.44. The number of benzene rings is 1. The molecule has 0 atom stereocenters. The third kappa shape index (κ3) is 2.03. The van der Waals surface area contributed by atoms with Crippen molar-refractivity contribution in [2.24, 2.45) is 0 Å². The minimum Gasteiger partial charge on any atom is -0.326 e. The fraction of sp³-hybridized carbons (Fsp3) is 0. The van der Waals surface area contributed by atoms with Crippen molar-refractivity contribution in [3.05, 3.63) is 51.0 Å². The van der Waals surface area contributed by atoms with Crippen LogP contribution in [0.25, 0.3) is 11.3 Å². The molecule has 1 N–H and O–H groups in total. The smallest absolute Gasteiger partial charge is 0.274 e. The predicted octanol–water partition coefficient (Wildman–Crippen LogP) is 2.74. The molecule has 15 heavy (non-hydrogen) atoms. The van der Waals surface area contributed by atoms with Gasteiger partial charge in [0.2, 0.25) is 0 Å². The van der Waals surface area contributed by atoms with E-state index < -0.39 is 0 Å². The first-order valence-electron chi connectivity index (χ1n) is 4.17. The van der Waals surface area contributed by atoms with Crippen LogP contribution >= 0.6 is 23.2 Å². The molecule has 76 valence electrons. The molecule has 5 heteroatoms. The second-order valence-corrected chi connectivity index (χ2v) is 3.73. The zero-order valence-electron chi connectivity index (χ0n) is 7.50. The Balaban J connectivity index is 2.65. The molecule has 0 saturated carbocycles. The summed E-state index contributed by atoms with van der Waals surface area (Å²) in [6.07, 6.45) is 2.97. The van der Waals surface area contributed by atoms with Crippen LogP contribution in [0.1, 0.15) is 0 Å². The van der Waals surface area contributed by atoms with Gasteiger partial charge in [-0.25, -0.2) is 4.98 Å². The van der Waals surface area contributed by atoms with Gasteiger partial charge in [0.15, 0.2) is 0 Å². The number of aromatic amines is 1. The first-order chi connectivity index (χ1) is 7.18. The number of nitrogens with zero attached hydrogens (tertiary/aromatic N) is 1. The molecule has 1 aromatic carbocycles. The minimum absolute atomic E-state index is 0.276. The fourth-order valence-electron chi connectivity index (χ4n) is 1.23. The number of H-pyrrole nitrogens is 1. The van der Waals surface area contributed by atoms with Gasteiger partial charge in [-0.3, -0.25) is 4.79 Å². The summed E-state index contributed by atoms with van der Waals surface area (Å²) in [5.74, 6) is 0. The van der Waals surface area contributed by atoms with Crippen LogP contribution in [0.15, 0.2) is 35.4 Å². The van der Waals surface area contributed by atoms with E-state index in [4.69, 9.17) is 23.2 Å². The lowest BCUT2D eigenvalue weighted by Crippen LogP contribution is -2.09. The highest BCUT2D eigenvalue weighted by Crippen LogP contribution is 2.26. The standard InChI is InChI=1S/C10H6Cl2N2O/c11-6-1-2-7(8(12)5-6)9-10(15)14-4-3-13-9/h1-5H,(H,14,15). The van der Waals surface area contributed by atoms with Crippen molar-refractivity contribution in [1.82, 2.24) is 9.97 Å². The van der Waals surface area contributed by atoms with Crippen LogP contribution in [-0.4, -0.2) is 9.97 Å². The van der Waals surface area contributed by atoms with Crippen LogP contribution in [0.3, 0.4) is 0 Å². The Morgan fingerprint density at radius 2 is 2.07 bits per heavy atom. The number of aromatic nitrogens is 2. The molecule has 0 aliphatic carbocycles. The summed E-state index contributed by atoms with van der Waals surface area (Å²) < 4.78 is 0. The Kier molecular flexibility index (Phi) is 2.75. The number of rotatable bonds is 1. The number of hydrogen-bond donors (Lipinski definition) is 1. The zero-order chi connectivity index (χ0) is 10.8. The molecule has 0 aliphatic rings. The lowest BCUT2D eigenvalue weighted by Gasteiger charge is -2.02. The third-order valence-electron chi connectivity index (χ3n) is 1.89. The predicted molar refractivity (Wildman–Crippen MR) is 60.3 cm³/mol. The number of hydrogen-bond acceptors (Lipinski definition) is 2. The maximum atomic E-state index is 11.4. The van der Waals surface area contributed by atoms with Crippen molar-refractivity contribution in [2.75, 3.05) is 0 Å². The second kappa shape index (κ2) is 4.04. The Hall–Kier alpha value is -1.32. The summed E-state index contributed by atoms with van der Waals surface area (Å²) in [4.78, 5) is 17.9. The number of halogens is 2. The van der Waals surface area contributed by atoms with Gasteiger partial charge in [-0.2, -0.15) is 0 Å². The molecule has 2 aromatic rings. The average Bonchev–Trinajstić information content (AvgIpc) is 2.20. The van der Waals surface area contributed by atoms with Crippen molar-refractivity contribution in [3.8, 4) is 11.3 Å². The largest absolute Gasteiger partial charge is 0.326 e. The van der Waals surface area contributed by atoms with E-state index in [1.807, 2.05) is 0 Å². The summed E-state index contributed by atoms with van der Waals surface area (Å²) in [7, 11) is 0.